The van der Waals surface area contributed by atoms with Crippen molar-refractivity contribution in [2.45, 2.75) is 0 Å². The van der Waals surface area contributed by atoms with Crippen molar-refractivity contribution in [3.8, 4) is 0 Å². The standard InChI is InChI=1S/C13H10O.C6H6/c14-13(11-7-3-1-4-8-11)12-9-5-2-6-10-12;1-2-4-6-5-3-1/h1-10H;1-6H. The summed E-state index contributed by atoms with van der Waals surface area (Å²) in [5.41, 5.74) is 1.47. The van der Waals surface area contributed by atoms with E-state index in [-0.39, 0.29) is 5.78 Å². The summed E-state index contributed by atoms with van der Waals surface area (Å²) in [7, 11) is 0. The van der Waals surface area contributed by atoms with Gasteiger partial charge in [0.15, 0.2) is 5.78 Å². The molecule has 0 N–H and O–H groups in total. The van der Waals surface area contributed by atoms with Crippen LogP contribution >= 0.6 is 0 Å². The Hall–Kier alpha value is -2.67. The molecule has 3 rings (SSSR count). The molecular formula is C19H16O. The SMILES string of the molecule is O=C(c1ccccc1)c1ccccc1.c1ccccc1. The zero-order valence-corrected chi connectivity index (χ0v) is 11.1. The topological polar surface area (TPSA) is 17.1 Å². The van der Waals surface area contributed by atoms with E-state index in [2.05, 4.69) is 0 Å². The summed E-state index contributed by atoms with van der Waals surface area (Å²) in [5, 5.41) is 0. The lowest BCUT2D eigenvalue weighted by Crippen LogP contribution is -1.99. The van der Waals surface area contributed by atoms with E-state index >= 15 is 0 Å². The Labute approximate surface area is 119 Å². The van der Waals surface area contributed by atoms with E-state index in [1.54, 1.807) is 0 Å². The van der Waals surface area contributed by atoms with E-state index < -0.39 is 0 Å². The minimum Gasteiger partial charge on any atom is -0.289 e. The maximum absolute atomic E-state index is 11.8. The predicted molar refractivity (Wildman–Crippen MR) is 82.8 cm³/mol. The first-order valence-electron chi connectivity index (χ1n) is 6.53. The minimum absolute atomic E-state index is 0.0752. The molecule has 1 heteroatoms. The number of benzene rings is 3. The van der Waals surface area contributed by atoms with Crippen molar-refractivity contribution in [2.75, 3.05) is 0 Å². The molecule has 0 fully saturated rings. The molecule has 3 aromatic rings. The molecule has 0 unspecified atom stereocenters. The Kier molecular flexibility index (Phi) is 5.29. The Morgan fingerprint density at radius 2 is 0.700 bits per heavy atom. The first kappa shape index (κ1) is 13.8. The van der Waals surface area contributed by atoms with Gasteiger partial charge in [0.25, 0.3) is 0 Å². The van der Waals surface area contributed by atoms with Crippen LogP contribution in [-0.4, -0.2) is 5.78 Å². The molecule has 0 aromatic heterocycles. The Morgan fingerprint density at radius 1 is 0.450 bits per heavy atom. The van der Waals surface area contributed by atoms with Gasteiger partial charge in [-0.2, -0.15) is 0 Å². The van der Waals surface area contributed by atoms with Gasteiger partial charge in [-0.25, -0.2) is 0 Å². The molecule has 0 amide bonds. The first-order chi connectivity index (χ1) is 9.88. The average molecular weight is 260 g/mol. The van der Waals surface area contributed by atoms with Crippen LogP contribution in [0.2, 0.25) is 0 Å². The van der Waals surface area contributed by atoms with Gasteiger partial charge in [0.2, 0.25) is 0 Å². The largest absolute Gasteiger partial charge is 0.289 e. The summed E-state index contributed by atoms with van der Waals surface area (Å²) < 4.78 is 0. The van der Waals surface area contributed by atoms with E-state index in [1.807, 2.05) is 97.1 Å². The molecular weight excluding hydrogens is 244 g/mol. The Morgan fingerprint density at radius 3 is 1.00 bits per heavy atom. The van der Waals surface area contributed by atoms with E-state index in [0.29, 0.717) is 0 Å². The number of ketones is 1. The molecule has 0 atom stereocenters. The molecule has 0 saturated carbocycles. The number of carbonyl (C=O) groups excluding carboxylic acids is 1. The van der Waals surface area contributed by atoms with Crippen LogP contribution in [-0.2, 0) is 0 Å². The van der Waals surface area contributed by atoms with Crippen LogP contribution in [0.5, 0.6) is 0 Å². The summed E-state index contributed by atoms with van der Waals surface area (Å²) in [5.74, 6) is 0.0752. The second kappa shape index (κ2) is 7.70. The number of rotatable bonds is 2. The highest BCUT2D eigenvalue weighted by atomic mass is 16.1. The van der Waals surface area contributed by atoms with Crippen molar-refractivity contribution >= 4 is 5.78 Å². The molecule has 0 aliphatic rings. The van der Waals surface area contributed by atoms with Crippen molar-refractivity contribution < 1.29 is 4.79 Å². The van der Waals surface area contributed by atoms with Crippen molar-refractivity contribution in [2.24, 2.45) is 0 Å². The Balaban J connectivity index is 0.000000205. The van der Waals surface area contributed by atoms with Gasteiger partial charge in [-0.1, -0.05) is 97.1 Å². The van der Waals surface area contributed by atoms with Gasteiger partial charge < -0.3 is 0 Å². The van der Waals surface area contributed by atoms with Crippen LogP contribution in [0.4, 0.5) is 0 Å². The van der Waals surface area contributed by atoms with Gasteiger partial charge in [0.05, 0.1) is 0 Å². The molecule has 0 aliphatic carbocycles. The van der Waals surface area contributed by atoms with Crippen LogP contribution < -0.4 is 0 Å². The average Bonchev–Trinajstić information content (AvgIpc) is 2.58. The quantitative estimate of drug-likeness (QED) is 0.615. The summed E-state index contributed by atoms with van der Waals surface area (Å²) in [6.45, 7) is 0. The van der Waals surface area contributed by atoms with Crippen LogP contribution in [0.3, 0.4) is 0 Å². The highest BCUT2D eigenvalue weighted by molar-refractivity contribution is 6.08. The second-order valence-corrected chi connectivity index (χ2v) is 4.22. The fourth-order valence-electron chi connectivity index (χ4n) is 1.73. The molecule has 98 valence electrons. The lowest BCUT2D eigenvalue weighted by Gasteiger charge is -1.99. The Bertz CT molecular complexity index is 547. The van der Waals surface area contributed by atoms with Crippen LogP contribution in [0.25, 0.3) is 0 Å². The zero-order valence-electron chi connectivity index (χ0n) is 11.1. The normalized spacial score (nSPS) is 9.20. The van der Waals surface area contributed by atoms with E-state index in [9.17, 15) is 4.79 Å². The molecule has 1 nitrogen and oxygen atoms in total. The van der Waals surface area contributed by atoms with Crippen LogP contribution in [0, 0.1) is 0 Å². The molecule has 0 spiro atoms. The van der Waals surface area contributed by atoms with Gasteiger partial charge in [0, 0.05) is 11.1 Å². The van der Waals surface area contributed by atoms with Crippen LogP contribution in [0.15, 0.2) is 97.1 Å². The maximum atomic E-state index is 11.8. The lowest BCUT2D eigenvalue weighted by atomic mass is 10.0. The molecule has 20 heavy (non-hydrogen) atoms. The molecule has 0 heterocycles. The molecule has 0 radical (unpaired) electrons. The van der Waals surface area contributed by atoms with Crippen molar-refractivity contribution in [1.82, 2.24) is 0 Å². The fraction of sp³-hybridized carbons (Fsp3) is 0. The fourth-order valence-corrected chi connectivity index (χ4v) is 1.73. The van der Waals surface area contributed by atoms with Crippen LogP contribution in [0.1, 0.15) is 15.9 Å². The summed E-state index contributed by atoms with van der Waals surface area (Å²) >= 11 is 0. The maximum Gasteiger partial charge on any atom is 0.193 e. The van der Waals surface area contributed by atoms with Crippen molar-refractivity contribution in [3.05, 3.63) is 108 Å². The van der Waals surface area contributed by atoms with E-state index in [1.165, 1.54) is 0 Å². The van der Waals surface area contributed by atoms with Gasteiger partial charge in [0.1, 0.15) is 0 Å². The summed E-state index contributed by atoms with van der Waals surface area (Å²) in [6.07, 6.45) is 0. The molecule has 3 aromatic carbocycles. The highest BCUT2D eigenvalue weighted by Gasteiger charge is 2.06. The van der Waals surface area contributed by atoms with Gasteiger partial charge in [-0.15, -0.1) is 0 Å². The van der Waals surface area contributed by atoms with E-state index in [0.717, 1.165) is 11.1 Å². The third-order valence-corrected chi connectivity index (χ3v) is 2.74. The number of hydrogen-bond acceptors (Lipinski definition) is 1. The minimum atomic E-state index is 0.0752. The predicted octanol–water partition coefficient (Wildman–Crippen LogP) is 4.60. The summed E-state index contributed by atoms with van der Waals surface area (Å²) in [4.78, 5) is 11.8. The van der Waals surface area contributed by atoms with Gasteiger partial charge >= 0.3 is 0 Å². The van der Waals surface area contributed by atoms with Crippen molar-refractivity contribution in [3.63, 3.8) is 0 Å². The second-order valence-electron chi connectivity index (χ2n) is 4.22. The first-order valence-corrected chi connectivity index (χ1v) is 6.53. The summed E-state index contributed by atoms with van der Waals surface area (Å²) in [6, 6.07) is 30.6. The molecule has 0 saturated heterocycles. The third kappa shape index (κ3) is 4.21. The number of hydrogen-bond donors (Lipinski definition) is 0. The van der Waals surface area contributed by atoms with Gasteiger partial charge in [-0.3, -0.25) is 4.79 Å². The third-order valence-electron chi connectivity index (χ3n) is 2.74. The van der Waals surface area contributed by atoms with E-state index in [4.69, 9.17) is 0 Å². The van der Waals surface area contributed by atoms with Gasteiger partial charge in [-0.05, 0) is 0 Å². The zero-order chi connectivity index (χ0) is 14.0. The van der Waals surface area contributed by atoms with Crippen molar-refractivity contribution in [1.29, 1.82) is 0 Å². The monoisotopic (exact) mass is 260 g/mol. The smallest absolute Gasteiger partial charge is 0.193 e. The lowest BCUT2D eigenvalue weighted by molar-refractivity contribution is 0.103. The molecule has 0 bridgehead atoms. The highest BCUT2D eigenvalue weighted by Crippen LogP contribution is 2.08. The molecule has 0 aliphatic heterocycles. The number of carbonyl (C=O) groups is 1.